The van der Waals surface area contributed by atoms with Crippen molar-refractivity contribution in [2.75, 3.05) is 6.54 Å². The molecular weight excluding hydrogens is 224 g/mol. The van der Waals surface area contributed by atoms with E-state index in [0.29, 0.717) is 17.9 Å². The highest BCUT2D eigenvalue weighted by atomic mass is 15.3. The summed E-state index contributed by atoms with van der Waals surface area (Å²) < 4.78 is 1.99. The van der Waals surface area contributed by atoms with Crippen LogP contribution >= 0.6 is 0 Å². The van der Waals surface area contributed by atoms with Gasteiger partial charge in [-0.05, 0) is 31.7 Å². The quantitative estimate of drug-likeness (QED) is 0.773. The standard InChI is InChI=1S/C14H28N4/c1-6-8-15-13(12(5)11(3)4)9-14-16-10-17-18(14)7-2/h10-13,15H,6-9H2,1-5H3. The smallest absolute Gasteiger partial charge is 0.138 e. The molecule has 0 aliphatic rings. The van der Waals surface area contributed by atoms with Gasteiger partial charge in [0.15, 0.2) is 0 Å². The molecule has 0 saturated carbocycles. The van der Waals surface area contributed by atoms with Gasteiger partial charge in [0.1, 0.15) is 12.2 Å². The maximum atomic E-state index is 4.39. The van der Waals surface area contributed by atoms with Gasteiger partial charge in [-0.3, -0.25) is 4.68 Å². The van der Waals surface area contributed by atoms with E-state index in [2.05, 4.69) is 50.0 Å². The second-order valence-corrected chi connectivity index (χ2v) is 5.36. The van der Waals surface area contributed by atoms with E-state index in [1.807, 2.05) is 4.68 Å². The third-order valence-electron chi connectivity index (χ3n) is 3.74. The molecule has 4 nitrogen and oxygen atoms in total. The summed E-state index contributed by atoms with van der Waals surface area (Å²) in [6.07, 6.45) is 3.80. The molecule has 2 unspecified atom stereocenters. The maximum absolute atomic E-state index is 4.39. The van der Waals surface area contributed by atoms with Gasteiger partial charge in [-0.15, -0.1) is 0 Å². The lowest BCUT2D eigenvalue weighted by Crippen LogP contribution is -2.40. The van der Waals surface area contributed by atoms with Gasteiger partial charge in [0, 0.05) is 19.0 Å². The van der Waals surface area contributed by atoms with Crippen molar-refractivity contribution < 1.29 is 0 Å². The van der Waals surface area contributed by atoms with Crippen molar-refractivity contribution in [3.05, 3.63) is 12.2 Å². The summed E-state index contributed by atoms with van der Waals surface area (Å²) in [5, 5.41) is 7.91. The van der Waals surface area contributed by atoms with Crippen LogP contribution < -0.4 is 5.32 Å². The molecule has 18 heavy (non-hydrogen) atoms. The van der Waals surface area contributed by atoms with Crippen molar-refractivity contribution in [1.82, 2.24) is 20.1 Å². The molecule has 0 bridgehead atoms. The third-order valence-corrected chi connectivity index (χ3v) is 3.74. The molecule has 1 rings (SSSR count). The van der Waals surface area contributed by atoms with Crippen molar-refractivity contribution >= 4 is 0 Å². The molecule has 0 amide bonds. The minimum absolute atomic E-state index is 0.486. The molecule has 2 atom stereocenters. The fourth-order valence-corrected chi connectivity index (χ4v) is 2.15. The van der Waals surface area contributed by atoms with E-state index < -0.39 is 0 Å². The summed E-state index contributed by atoms with van der Waals surface area (Å²) in [7, 11) is 0. The van der Waals surface area contributed by atoms with Crippen molar-refractivity contribution in [1.29, 1.82) is 0 Å². The van der Waals surface area contributed by atoms with E-state index in [1.54, 1.807) is 6.33 Å². The molecule has 0 aromatic carbocycles. The highest BCUT2D eigenvalue weighted by Gasteiger charge is 2.21. The van der Waals surface area contributed by atoms with E-state index in [1.165, 1.54) is 6.42 Å². The largest absolute Gasteiger partial charge is 0.313 e. The molecule has 0 aliphatic heterocycles. The first-order valence-corrected chi connectivity index (χ1v) is 7.20. The monoisotopic (exact) mass is 252 g/mol. The summed E-state index contributed by atoms with van der Waals surface area (Å²) in [5.41, 5.74) is 0. The van der Waals surface area contributed by atoms with Crippen molar-refractivity contribution in [3.63, 3.8) is 0 Å². The van der Waals surface area contributed by atoms with Crippen molar-refractivity contribution in [2.24, 2.45) is 11.8 Å². The van der Waals surface area contributed by atoms with Crippen LogP contribution in [0, 0.1) is 11.8 Å². The fourth-order valence-electron chi connectivity index (χ4n) is 2.15. The van der Waals surface area contributed by atoms with Crippen LogP contribution in [0.5, 0.6) is 0 Å². The highest BCUT2D eigenvalue weighted by Crippen LogP contribution is 2.17. The Balaban J connectivity index is 2.71. The molecular formula is C14H28N4. The van der Waals surface area contributed by atoms with Gasteiger partial charge in [0.25, 0.3) is 0 Å². The predicted octanol–water partition coefficient (Wildman–Crippen LogP) is 2.50. The molecule has 1 aromatic heterocycles. The van der Waals surface area contributed by atoms with Gasteiger partial charge >= 0.3 is 0 Å². The molecule has 4 heteroatoms. The van der Waals surface area contributed by atoms with Crippen molar-refractivity contribution in [2.45, 2.75) is 60.0 Å². The van der Waals surface area contributed by atoms with Crippen LogP contribution in [-0.4, -0.2) is 27.4 Å². The second-order valence-electron chi connectivity index (χ2n) is 5.36. The number of hydrogen-bond acceptors (Lipinski definition) is 3. The van der Waals surface area contributed by atoms with Crippen molar-refractivity contribution in [3.8, 4) is 0 Å². The van der Waals surface area contributed by atoms with Crippen LogP contribution in [0.15, 0.2) is 6.33 Å². The molecule has 1 aromatic rings. The van der Waals surface area contributed by atoms with Gasteiger partial charge in [-0.2, -0.15) is 5.10 Å². The molecule has 0 radical (unpaired) electrons. The summed E-state index contributed by atoms with van der Waals surface area (Å²) in [6, 6.07) is 0.486. The van der Waals surface area contributed by atoms with E-state index in [-0.39, 0.29) is 0 Å². The average Bonchev–Trinajstić information content (AvgIpc) is 2.80. The number of rotatable bonds is 8. The van der Waals surface area contributed by atoms with Gasteiger partial charge < -0.3 is 5.32 Å². The highest BCUT2D eigenvalue weighted by molar-refractivity contribution is 4.92. The van der Waals surface area contributed by atoms with E-state index >= 15 is 0 Å². The molecule has 1 heterocycles. The Morgan fingerprint density at radius 3 is 2.56 bits per heavy atom. The summed E-state index contributed by atoms with van der Waals surface area (Å²) >= 11 is 0. The minimum atomic E-state index is 0.486. The van der Waals surface area contributed by atoms with Gasteiger partial charge in [-0.25, -0.2) is 4.98 Å². The molecule has 0 saturated heterocycles. The second kappa shape index (κ2) is 7.52. The summed E-state index contributed by atoms with van der Waals surface area (Å²) in [6.45, 7) is 13.2. The molecule has 0 fully saturated rings. The first-order chi connectivity index (χ1) is 8.60. The van der Waals surface area contributed by atoms with Crippen LogP contribution in [0.1, 0.15) is 46.9 Å². The Bertz CT molecular complexity index is 332. The fraction of sp³-hybridized carbons (Fsp3) is 0.857. The molecule has 0 spiro atoms. The first-order valence-electron chi connectivity index (χ1n) is 7.20. The van der Waals surface area contributed by atoms with Crippen LogP contribution in [0.4, 0.5) is 0 Å². The van der Waals surface area contributed by atoms with Crippen LogP contribution in [-0.2, 0) is 13.0 Å². The zero-order valence-corrected chi connectivity index (χ0v) is 12.5. The molecule has 0 aliphatic carbocycles. The number of aromatic nitrogens is 3. The lowest BCUT2D eigenvalue weighted by Gasteiger charge is -2.27. The Hall–Kier alpha value is -0.900. The van der Waals surface area contributed by atoms with E-state index in [0.717, 1.165) is 25.3 Å². The SMILES string of the molecule is CCCNC(Cc1ncnn1CC)C(C)C(C)C. The van der Waals surface area contributed by atoms with Gasteiger partial charge in [-0.1, -0.05) is 27.7 Å². The zero-order chi connectivity index (χ0) is 13.5. The average molecular weight is 252 g/mol. The van der Waals surface area contributed by atoms with Gasteiger partial charge in [0.05, 0.1) is 0 Å². The molecule has 104 valence electrons. The topological polar surface area (TPSA) is 42.7 Å². The lowest BCUT2D eigenvalue weighted by atomic mass is 9.88. The maximum Gasteiger partial charge on any atom is 0.138 e. The summed E-state index contributed by atoms with van der Waals surface area (Å²) in [4.78, 5) is 4.39. The van der Waals surface area contributed by atoms with Gasteiger partial charge in [0.2, 0.25) is 0 Å². The van der Waals surface area contributed by atoms with E-state index in [9.17, 15) is 0 Å². The minimum Gasteiger partial charge on any atom is -0.313 e. The Kier molecular flexibility index (Phi) is 6.33. The number of nitrogens with zero attached hydrogens (tertiary/aromatic N) is 3. The van der Waals surface area contributed by atoms with Crippen LogP contribution in [0.25, 0.3) is 0 Å². The van der Waals surface area contributed by atoms with Crippen LogP contribution in [0.3, 0.4) is 0 Å². The molecule has 1 N–H and O–H groups in total. The third kappa shape index (κ3) is 4.09. The number of aryl methyl sites for hydroxylation is 1. The predicted molar refractivity (Wildman–Crippen MR) is 75.5 cm³/mol. The summed E-state index contributed by atoms with van der Waals surface area (Å²) in [5.74, 6) is 2.41. The van der Waals surface area contributed by atoms with E-state index in [4.69, 9.17) is 0 Å². The number of hydrogen-bond donors (Lipinski definition) is 1. The van der Waals surface area contributed by atoms with Crippen LogP contribution in [0.2, 0.25) is 0 Å². The lowest BCUT2D eigenvalue weighted by molar-refractivity contribution is 0.291. The Morgan fingerprint density at radius 2 is 2.00 bits per heavy atom. The number of nitrogens with one attached hydrogen (secondary N) is 1. The normalized spacial score (nSPS) is 15.0. The zero-order valence-electron chi connectivity index (χ0n) is 12.5. The Labute approximate surface area is 111 Å². The first kappa shape index (κ1) is 15.2. The Morgan fingerprint density at radius 1 is 1.28 bits per heavy atom.